The van der Waals surface area contributed by atoms with E-state index in [2.05, 4.69) is 27.0 Å². The highest BCUT2D eigenvalue weighted by atomic mass is 32.2. The van der Waals surface area contributed by atoms with Crippen molar-refractivity contribution in [1.82, 2.24) is 14.8 Å². The number of hydrogen-bond donors (Lipinski definition) is 1. The van der Waals surface area contributed by atoms with E-state index in [4.69, 9.17) is 4.74 Å². The van der Waals surface area contributed by atoms with E-state index in [1.165, 1.54) is 11.8 Å². The standard InChI is InChI=1S/C18H22N4O3S/c1-3-22-16(12-9-10-12)20-21-18(22)26-11-15(23)19-14-8-6-5-7-13(14)17(24)25-4-2/h5-8,12H,3-4,9-11H2,1-2H3,(H,19,23). The Balaban J connectivity index is 1.62. The Kier molecular flexibility index (Phi) is 5.92. The number of esters is 1. The van der Waals surface area contributed by atoms with E-state index in [0.29, 0.717) is 17.2 Å². The third kappa shape index (κ3) is 4.24. The van der Waals surface area contributed by atoms with Crippen molar-refractivity contribution in [3.8, 4) is 0 Å². The fourth-order valence-electron chi connectivity index (χ4n) is 2.64. The van der Waals surface area contributed by atoms with Crippen LogP contribution in [0.2, 0.25) is 0 Å². The predicted octanol–water partition coefficient (Wildman–Crippen LogP) is 3.08. The van der Waals surface area contributed by atoms with Gasteiger partial charge in [0, 0.05) is 12.5 Å². The molecule has 0 unspecified atom stereocenters. The third-order valence-corrected chi connectivity index (χ3v) is 5.00. The molecule has 1 heterocycles. The van der Waals surface area contributed by atoms with Gasteiger partial charge in [-0.15, -0.1) is 10.2 Å². The molecule has 0 saturated heterocycles. The fourth-order valence-corrected chi connectivity index (χ4v) is 3.45. The monoisotopic (exact) mass is 374 g/mol. The van der Waals surface area contributed by atoms with Gasteiger partial charge in [-0.3, -0.25) is 4.79 Å². The molecule has 2 aromatic rings. The summed E-state index contributed by atoms with van der Waals surface area (Å²) in [6, 6.07) is 6.83. The van der Waals surface area contributed by atoms with Gasteiger partial charge in [0.2, 0.25) is 5.91 Å². The largest absolute Gasteiger partial charge is 0.462 e. The van der Waals surface area contributed by atoms with Gasteiger partial charge < -0.3 is 14.6 Å². The topological polar surface area (TPSA) is 86.1 Å². The summed E-state index contributed by atoms with van der Waals surface area (Å²) in [5.41, 5.74) is 0.799. The molecule has 1 aliphatic carbocycles. The van der Waals surface area contributed by atoms with Crippen LogP contribution < -0.4 is 5.32 Å². The second-order valence-electron chi connectivity index (χ2n) is 5.96. The number of nitrogens with one attached hydrogen (secondary N) is 1. The van der Waals surface area contributed by atoms with E-state index in [-0.39, 0.29) is 18.3 Å². The SMILES string of the molecule is CCOC(=O)c1ccccc1NC(=O)CSc1nnc(C2CC2)n1CC. The molecule has 1 aromatic carbocycles. The van der Waals surface area contributed by atoms with Gasteiger partial charge in [-0.05, 0) is 38.8 Å². The van der Waals surface area contributed by atoms with E-state index < -0.39 is 5.97 Å². The Morgan fingerprint density at radius 1 is 1.27 bits per heavy atom. The average Bonchev–Trinajstić information content (AvgIpc) is 3.40. The van der Waals surface area contributed by atoms with E-state index >= 15 is 0 Å². The Bertz CT molecular complexity index is 801. The first-order valence-corrected chi connectivity index (χ1v) is 9.74. The van der Waals surface area contributed by atoms with E-state index in [0.717, 1.165) is 30.4 Å². The van der Waals surface area contributed by atoms with Crippen LogP contribution in [-0.4, -0.2) is 39.0 Å². The predicted molar refractivity (Wildman–Crippen MR) is 99.4 cm³/mol. The van der Waals surface area contributed by atoms with Crippen molar-refractivity contribution in [2.75, 3.05) is 17.7 Å². The van der Waals surface area contributed by atoms with Crippen molar-refractivity contribution in [1.29, 1.82) is 0 Å². The molecule has 7 nitrogen and oxygen atoms in total. The molecule has 1 amide bonds. The summed E-state index contributed by atoms with van der Waals surface area (Å²) in [5.74, 6) is 1.08. The number of benzene rings is 1. The van der Waals surface area contributed by atoms with Crippen LogP contribution in [0, 0.1) is 0 Å². The lowest BCUT2D eigenvalue weighted by Gasteiger charge is -2.10. The number of anilines is 1. The highest BCUT2D eigenvalue weighted by Gasteiger charge is 2.30. The van der Waals surface area contributed by atoms with Gasteiger partial charge in [-0.1, -0.05) is 23.9 Å². The molecule has 0 aliphatic heterocycles. The third-order valence-electron chi connectivity index (χ3n) is 4.03. The van der Waals surface area contributed by atoms with Crippen molar-refractivity contribution < 1.29 is 14.3 Å². The molecule has 8 heteroatoms. The molecule has 1 N–H and O–H groups in total. The average molecular weight is 374 g/mol. The minimum Gasteiger partial charge on any atom is -0.462 e. The molecule has 138 valence electrons. The number of para-hydroxylation sites is 1. The summed E-state index contributed by atoms with van der Waals surface area (Å²) >= 11 is 1.35. The van der Waals surface area contributed by atoms with Crippen LogP contribution >= 0.6 is 11.8 Å². The normalized spacial score (nSPS) is 13.5. The number of amides is 1. The summed E-state index contributed by atoms with van der Waals surface area (Å²) in [6.07, 6.45) is 2.32. The molecule has 3 rings (SSSR count). The van der Waals surface area contributed by atoms with Gasteiger partial charge in [-0.2, -0.15) is 0 Å². The smallest absolute Gasteiger partial charge is 0.340 e. The van der Waals surface area contributed by atoms with Crippen LogP contribution in [0.1, 0.15) is 48.8 Å². The number of nitrogens with zero attached hydrogens (tertiary/aromatic N) is 3. The summed E-state index contributed by atoms with van der Waals surface area (Å²) in [5, 5.41) is 12.0. The van der Waals surface area contributed by atoms with Crippen LogP contribution in [0.15, 0.2) is 29.4 Å². The van der Waals surface area contributed by atoms with Gasteiger partial charge in [0.25, 0.3) is 0 Å². The van der Waals surface area contributed by atoms with E-state index in [1.54, 1.807) is 31.2 Å². The summed E-state index contributed by atoms with van der Waals surface area (Å²) < 4.78 is 7.10. The lowest BCUT2D eigenvalue weighted by Crippen LogP contribution is -2.17. The van der Waals surface area contributed by atoms with Crippen molar-refractivity contribution in [2.45, 2.75) is 44.3 Å². The Hall–Kier alpha value is -2.35. The summed E-state index contributed by atoms with van der Waals surface area (Å²) in [7, 11) is 0. The maximum Gasteiger partial charge on any atom is 0.340 e. The maximum atomic E-state index is 12.3. The molecule has 0 atom stereocenters. The maximum absolute atomic E-state index is 12.3. The number of aromatic nitrogens is 3. The number of thioether (sulfide) groups is 1. The van der Waals surface area contributed by atoms with Gasteiger partial charge in [0.15, 0.2) is 5.16 Å². The molecular formula is C18H22N4O3S. The highest BCUT2D eigenvalue weighted by Crippen LogP contribution is 2.39. The lowest BCUT2D eigenvalue weighted by atomic mass is 10.2. The van der Waals surface area contributed by atoms with Crippen LogP contribution in [-0.2, 0) is 16.1 Å². The molecule has 1 fully saturated rings. The first kappa shape index (κ1) is 18.4. The minimum absolute atomic E-state index is 0.194. The summed E-state index contributed by atoms with van der Waals surface area (Å²) in [6.45, 7) is 4.87. The van der Waals surface area contributed by atoms with Crippen molar-refractivity contribution in [3.05, 3.63) is 35.7 Å². The molecule has 1 saturated carbocycles. The number of carbonyl (C=O) groups excluding carboxylic acids is 2. The molecule has 0 spiro atoms. The first-order valence-electron chi connectivity index (χ1n) is 8.75. The zero-order chi connectivity index (χ0) is 18.5. The first-order chi connectivity index (χ1) is 12.6. The lowest BCUT2D eigenvalue weighted by molar-refractivity contribution is -0.113. The quantitative estimate of drug-likeness (QED) is 0.564. The second kappa shape index (κ2) is 8.35. The van der Waals surface area contributed by atoms with Gasteiger partial charge in [0.1, 0.15) is 5.82 Å². The highest BCUT2D eigenvalue weighted by molar-refractivity contribution is 7.99. The van der Waals surface area contributed by atoms with Crippen LogP contribution in [0.25, 0.3) is 0 Å². The van der Waals surface area contributed by atoms with Crippen LogP contribution in [0.4, 0.5) is 5.69 Å². The molecule has 26 heavy (non-hydrogen) atoms. The summed E-state index contributed by atoms with van der Waals surface area (Å²) in [4.78, 5) is 24.3. The molecule has 1 aliphatic rings. The fraction of sp³-hybridized carbons (Fsp3) is 0.444. The Morgan fingerprint density at radius 2 is 2.04 bits per heavy atom. The number of carbonyl (C=O) groups is 2. The van der Waals surface area contributed by atoms with E-state index in [9.17, 15) is 9.59 Å². The van der Waals surface area contributed by atoms with Crippen molar-refractivity contribution >= 4 is 29.3 Å². The van der Waals surface area contributed by atoms with Crippen LogP contribution in [0.3, 0.4) is 0 Å². The Morgan fingerprint density at radius 3 is 2.73 bits per heavy atom. The number of rotatable bonds is 8. The minimum atomic E-state index is -0.448. The molecular weight excluding hydrogens is 352 g/mol. The molecule has 0 radical (unpaired) electrons. The van der Waals surface area contributed by atoms with Crippen LogP contribution in [0.5, 0.6) is 0 Å². The van der Waals surface area contributed by atoms with Gasteiger partial charge in [-0.25, -0.2) is 4.79 Å². The van der Waals surface area contributed by atoms with Crippen molar-refractivity contribution in [2.24, 2.45) is 0 Å². The van der Waals surface area contributed by atoms with Gasteiger partial charge in [0.05, 0.1) is 23.6 Å². The van der Waals surface area contributed by atoms with Gasteiger partial charge >= 0.3 is 5.97 Å². The van der Waals surface area contributed by atoms with Crippen molar-refractivity contribution in [3.63, 3.8) is 0 Å². The number of ether oxygens (including phenoxy) is 1. The zero-order valence-corrected chi connectivity index (χ0v) is 15.7. The molecule has 1 aromatic heterocycles. The Labute approximate surface area is 156 Å². The van der Waals surface area contributed by atoms with E-state index in [1.807, 2.05) is 0 Å². The molecule has 0 bridgehead atoms. The second-order valence-corrected chi connectivity index (χ2v) is 6.90. The number of hydrogen-bond acceptors (Lipinski definition) is 6. The zero-order valence-electron chi connectivity index (χ0n) is 14.9.